The van der Waals surface area contributed by atoms with Crippen molar-refractivity contribution in [1.29, 1.82) is 0 Å². The Hall–Kier alpha value is -1.67. The first-order chi connectivity index (χ1) is 9.54. The van der Waals surface area contributed by atoms with E-state index in [4.69, 9.17) is 0 Å². The Labute approximate surface area is 120 Å². The summed E-state index contributed by atoms with van der Waals surface area (Å²) in [7, 11) is 0. The van der Waals surface area contributed by atoms with E-state index in [0.717, 1.165) is 17.7 Å². The smallest absolute Gasteiger partial charge is 0.128 e. The van der Waals surface area contributed by atoms with E-state index >= 15 is 0 Å². The first-order valence-corrected chi connectivity index (χ1v) is 7.10. The molecule has 0 saturated heterocycles. The molecule has 0 saturated carbocycles. The number of nitrogens with one attached hydrogen (secondary N) is 1. The number of aryl methyl sites for hydroxylation is 3. The summed E-state index contributed by atoms with van der Waals surface area (Å²) in [4.78, 5) is 0. The first kappa shape index (κ1) is 14.7. The van der Waals surface area contributed by atoms with Crippen LogP contribution in [0.25, 0.3) is 0 Å². The molecule has 0 amide bonds. The van der Waals surface area contributed by atoms with Gasteiger partial charge in [0, 0.05) is 5.56 Å². The molecule has 1 N–H and O–H groups in total. The van der Waals surface area contributed by atoms with Crippen LogP contribution < -0.4 is 5.32 Å². The van der Waals surface area contributed by atoms with Gasteiger partial charge in [-0.25, -0.2) is 4.39 Å². The van der Waals surface area contributed by atoms with Crippen LogP contribution in [-0.2, 0) is 0 Å². The average Bonchev–Trinajstić information content (AvgIpc) is 2.40. The normalized spacial score (nSPS) is 12.4. The molecule has 2 aromatic rings. The van der Waals surface area contributed by atoms with Gasteiger partial charge in [0.15, 0.2) is 0 Å². The summed E-state index contributed by atoms with van der Waals surface area (Å²) in [5.41, 5.74) is 5.37. The molecule has 0 fully saturated rings. The van der Waals surface area contributed by atoms with Gasteiger partial charge in [-0.05, 0) is 50.1 Å². The van der Waals surface area contributed by atoms with Crippen LogP contribution in [0.1, 0.15) is 40.8 Å². The van der Waals surface area contributed by atoms with Crippen molar-refractivity contribution in [3.8, 4) is 0 Å². The van der Waals surface area contributed by atoms with Crippen LogP contribution in [0.2, 0.25) is 0 Å². The lowest BCUT2D eigenvalue weighted by Gasteiger charge is -2.23. The number of hydrogen-bond acceptors (Lipinski definition) is 1. The maximum absolute atomic E-state index is 14.3. The fourth-order valence-corrected chi connectivity index (χ4v) is 2.74. The molecule has 1 unspecified atom stereocenters. The third-order valence-electron chi connectivity index (χ3n) is 3.70. The number of hydrogen-bond donors (Lipinski definition) is 1. The minimum Gasteiger partial charge on any atom is -0.306 e. The van der Waals surface area contributed by atoms with Crippen LogP contribution in [0.5, 0.6) is 0 Å². The Morgan fingerprint density at radius 2 is 1.70 bits per heavy atom. The second-order valence-electron chi connectivity index (χ2n) is 5.32. The molecule has 2 heteroatoms. The second kappa shape index (κ2) is 6.19. The molecule has 1 atom stereocenters. The first-order valence-electron chi connectivity index (χ1n) is 7.10. The van der Waals surface area contributed by atoms with E-state index in [9.17, 15) is 4.39 Å². The molecule has 2 aromatic carbocycles. The van der Waals surface area contributed by atoms with E-state index in [-0.39, 0.29) is 11.9 Å². The molecule has 1 nitrogen and oxygen atoms in total. The molecular weight excluding hydrogens is 249 g/mol. The van der Waals surface area contributed by atoms with E-state index in [0.29, 0.717) is 0 Å². The number of benzene rings is 2. The predicted molar refractivity (Wildman–Crippen MR) is 82.6 cm³/mol. The lowest BCUT2D eigenvalue weighted by Crippen LogP contribution is -2.24. The highest BCUT2D eigenvalue weighted by molar-refractivity contribution is 5.43. The average molecular weight is 271 g/mol. The van der Waals surface area contributed by atoms with Crippen molar-refractivity contribution >= 4 is 0 Å². The standard InChI is InChI=1S/C18H22FN/c1-5-20-18(15-11-12(2)9-10-16(15)19)17-13(3)7-6-8-14(17)4/h6-11,18,20H,5H2,1-4H3. The Morgan fingerprint density at radius 3 is 2.30 bits per heavy atom. The molecule has 0 heterocycles. The highest BCUT2D eigenvalue weighted by atomic mass is 19.1. The Kier molecular flexibility index (Phi) is 4.56. The molecule has 0 aliphatic heterocycles. The minimum atomic E-state index is -0.149. The van der Waals surface area contributed by atoms with Crippen molar-refractivity contribution in [1.82, 2.24) is 5.32 Å². The van der Waals surface area contributed by atoms with E-state index in [1.165, 1.54) is 16.7 Å². The van der Waals surface area contributed by atoms with Gasteiger partial charge in [-0.15, -0.1) is 0 Å². The zero-order chi connectivity index (χ0) is 14.7. The van der Waals surface area contributed by atoms with Gasteiger partial charge in [-0.3, -0.25) is 0 Å². The van der Waals surface area contributed by atoms with Gasteiger partial charge in [-0.2, -0.15) is 0 Å². The number of halogens is 1. The SMILES string of the molecule is CCNC(c1cc(C)ccc1F)c1c(C)cccc1C. The Bertz CT molecular complexity index is 584. The highest BCUT2D eigenvalue weighted by Crippen LogP contribution is 2.30. The van der Waals surface area contributed by atoms with Crippen LogP contribution >= 0.6 is 0 Å². The van der Waals surface area contributed by atoms with Gasteiger partial charge in [0.25, 0.3) is 0 Å². The summed E-state index contributed by atoms with van der Waals surface area (Å²) in [6, 6.07) is 11.4. The van der Waals surface area contributed by atoms with Crippen LogP contribution in [-0.4, -0.2) is 6.54 Å². The highest BCUT2D eigenvalue weighted by Gasteiger charge is 2.20. The number of rotatable bonds is 4. The van der Waals surface area contributed by atoms with E-state index in [2.05, 4.69) is 31.3 Å². The molecule has 20 heavy (non-hydrogen) atoms. The van der Waals surface area contributed by atoms with Gasteiger partial charge < -0.3 is 5.32 Å². The van der Waals surface area contributed by atoms with Gasteiger partial charge in [0.05, 0.1) is 6.04 Å². The van der Waals surface area contributed by atoms with Gasteiger partial charge >= 0.3 is 0 Å². The van der Waals surface area contributed by atoms with Crippen molar-refractivity contribution in [2.45, 2.75) is 33.7 Å². The third-order valence-corrected chi connectivity index (χ3v) is 3.70. The molecule has 2 rings (SSSR count). The van der Waals surface area contributed by atoms with Gasteiger partial charge in [0.2, 0.25) is 0 Å². The monoisotopic (exact) mass is 271 g/mol. The van der Waals surface area contributed by atoms with Crippen LogP contribution in [0, 0.1) is 26.6 Å². The van der Waals surface area contributed by atoms with Crippen molar-refractivity contribution in [3.05, 3.63) is 70.0 Å². The maximum Gasteiger partial charge on any atom is 0.128 e. The van der Waals surface area contributed by atoms with Crippen molar-refractivity contribution in [3.63, 3.8) is 0 Å². The molecule has 0 radical (unpaired) electrons. The minimum absolute atomic E-state index is 0.0962. The lowest BCUT2D eigenvalue weighted by molar-refractivity contribution is 0.556. The molecule has 0 aromatic heterocycles. The molecule has 0 spiro atoms. The summed E-state index contributed by atoms with van der Waals surface area (Å²) < 4.78 is 14.3. The van der Waals surface area contributed by atoms with Crippen molar-refractivity contribution in [2.24, 2.45) is 0 Å². The predicted octanol–water partition coefficient (Wildman–Crippen LogP) is 4.45. The lowest BCUT2D eigenvalue weighted by atomic mass is 9.90. The second-order valence-corrected chi connectivity index (χ2v) is 5.32. The zero-order valence-corrected chi connectivity index (χ0v) is 12.6. The summed E-state index contributed by atoms with van der Waals surface area (Å²) >= 11 is 0. The summed E-state index contributed by atoms with van der Waals surface area (Å²) in [5.74, 6) is -0.149. The molecule has 0 aliphatic carbocycles. The topological polar surface area (TPSA) is 12.0 Å². The van der Waals surface area contributed by atoms with Gasteiger partial charge in [0.1, 0.15) is 5.82 Å². The molecular formula is C18H22FN. The van der Waals surface area contributed by atoms with E-state index in [1.54, 1.807) is 6.07 Å². The third kappa shape index (κ3) is 2.91. The summed E-state index contributed by atoms with van der Waals surface area (Å²) in [5, 5.41) is 3.42. The van der Waals surface area contributed by atoms with Crippen molar-refractivity contribution < 1.29 is 4.39 Å². The van der Waals surface area contributed by atoms with Crippen LogP contribution in [0.4, 0.5) is 4.39 Å². The maximum atomic E-state index is 14.3. The fraction of sp³-hybridized carbons (Fsp3) is 0.333. The Balaban J connectivity index is 2.59. The van der Waals surface area contributed by atoms with Crippen LogP contribution in [0.3, 0.4) is 0 Å². The fourth-order valence-electron chi connectivity index (χ4n) is 2.74. The van der Waals surface area contributed by atoms with Crippen molar-refractivity contribution in [2.75, 3.05) is 6.54 Å². The van der Waals surface area contributed by atoms with E-state index < -0.39 is 0 Å². The summed E-state index contributed by atoms with van der Waals surface area (Å²) in [6.07, 6.45) is 0. The van der Waals surface area contributed by atoms with Gasteiger partial charge in [-0.1, -0.05) is 42.8 Å². The van der Waals surface area contributed by atoms with Crippen LogP contribution in [0.15, 0.2) is 36.4 Å². The summed E-state index contributed by atoms with van der Waals surface area (Å²) in [6.45, 7) is 9.01. The quantitative estimate of drug-likeness (QED) is 0.866. The zero-order valence-electron chi connectivity index (χ0n) is 12.6. The molecule has 0 bridgehead atoms. The largest absolute Gasteiger partial charge is 0.306 e. The molecule has 106 valence electrons. The molecule has 0 aliphatic rings. The Morgan fingerprint density at radius 1 is 1.05 bits per heavy atom. The van der Waals surface area contributed by atoms with E-state index in [1.807, 2.05) is 32.0 Å².